The highest BCUT2D eigenvalue weighted by atomic mass is 79.9. The molecule has 0 atom stereocenters. The van der Waals surface area contributed by atoms with Crippen molar-refractivity contribution in [2.24, 2.45) is 11.8 Å². The lowest BCUT2D eigenvalue weighted by atomic mass is 9.82. The molecule has 1 aromatic rings. The molecule has 0 saturated heterocycles. The van der Waals surface area contributed by atoms with Gasteiger partial charge in [-0.15, -0.1) is 0 Å². The minimum atomic E-state index is 0.135. The van der Waals surface area contributed by atoms with E-state index in [-0.39, 0.29) is 11.8 Å². The summed E-state index contributed by atoms with van der Waals surface area (Å²) in [5.41, 5.74) is 0.801. The number of hydrogen-bond donors (Lipinski definition) is 1. The predicted molar refractivity (Wildman–Crippen MR) is 78.9 cm³/mol. The number of amides is 1. The molecular weight excluding hydrogens is 314 g/mol. The Balaban J connectivity index is 1.96. The zero-order valence-electron chi connectivity index (χ0n) is 10.4. The fourth-order valence-electron chi connectivity index (χ4n) is 2.34. The second-order valence-corrected chi connectivity index (χ2v) is 6.34. The van der Waals surface area contributed by atoms with E-state index in [1.54, 1.807) is 6.07 Å². The molecule has 1 saturated carbocycles. The largest absolute Gasteiger partial charge is 0.326 e. The number of benzene rings is 1. The molecule has 18 heavy (non-hydrogen) atoms. The Morgan fingerprint density at radius 3 is 2.61 bits per heavy atom. The lowest BCUT2D eigenvalue weighted by Gasteiger charge is -2.25. The standard InChI is InChI=1S/C14H17BrClNO/c1-9-2-4-10(5-3-9)14(18)17-11-6-7-13(16)12(15)8-11/h6-10H,2-5H2,1H3,(H,17,18). The summed E-state index contributed by atoms with van der Waals surface area (Å²) < 4.78 is 0.805. The van der Waals surface area contributed by atoms with E-state index in [1.165, 1.54) is 0 Å². The zero-order valence-corrected chi connectivity index (χ0v) is 12.7. The fraction of sp³-hybridized carbons (Fsp3) is 0.500. The molecule has 2 nitrogen and oxygen atoms in total. The maximum atomic E-state index is 12.1. The zero-order chi connectivity index (χ0) is 13.1. The molecular formula is C14H17BrClNO. The molecule has 1 N–H and O–H groups in total. The number of carbonyl (C=O) groups is 1. The fourth-order valence-corrected chi connectivity index (χ4v) is 2.84. The average molecular weight is 331 g/mol. The summed E-state index contributed by atoms with van der Waals surface area (Å²) in [6, 6.07) is 5.45. The third-order valence-electron chi connectivity index (χ3n) is 3.57. The second-order valence-electron chi connectivity index (χ2n) is 5.07. The molecule has 1 aromatic carbocycles. The monoisotopic (exact) mass is 329 g/mol. The van der Waals surface area contributed by atoms with E-state index in [0.29, 0.717) is 5.02 Å². The van der Waals surface area contributed by atoms with Crippen LogP contribution in [0.15, 0.2) is 22.7 Å². The Hall–Kier alpha value is -0.540. The van der Waals surface area contributed by atoms with Crippen LogP contribution < -0.4 is 5.32 Å². The number of carbonyl (C=O) groups excluding carboxylic acids is 1. The topological polar surface area (TPSA) is 29.1 Å². The van der Waals surface area contributed by atoms with Crippen molar-refractivity contribution in [2.75, 3.05) is 5.32 Å². The predicted octanol–water partition coefficient (Wildman–Crippen LogP) is 4.87. The summed E-state index contributed by atoms with van der Waals surface area (Å²) >= 11 is 9.28. The first-order chi connectivity index (χ1) is 8.56. The lowest BCUT2D eigenvalue weighted by Crippen LogP contribution is -2.26. The van der Waals surface area contributed by atoms with Gasteiger partial charge in [0.2, 0.25) is 5.91 Å². The summed E-state index contributed by atoms with van der Waals surface area (Å²) in [5, 5.41) is 3.62. The van der Waals surface area contributed by atoms with Crippen molar-refractivity contribution < 1.29 is 4.79 Å². The molecule has 4 heteroatoms. The molecule has 0 spiro atoms. The highest BCUT2D eigenvalue weighted by molar-refractivity contribution is 9.10. The first-order valence-electron chi connectivity index (χ1n) is 6.32. The van der Waals surface area contributed by atoms with Gasteiger partial charge in [0, 0.05) is 16.1 Å². The SMILES string of the molecule is CC1CCC(C(=O)Nc2ccc(Cl)c(Br)c2)CC1. The molecule has 0 heterocycles. The molecule has 0 unspecified atom stereocenters. The molecule has 1 aliphatic rings. The molecule has 0 bridgehead atoms. The van der Waals surface area contributed by atoms with Crippen LogP contribution in [0.4, 0.5) is 5.69 Å². The van der Waals surface area contributed by atoms with E-state index < -0.39 is 0 Å². The number of hydrogen-bond acceptors (Lipinski definition) is 1. The van der Waals surface area contributed by atoms with Gasteiger partial charge in [0.25, 0.3) is 0 Å². The van der Waals surface area contributed by atoms with Gasteiger partial charge in [-0.2, -0.15) is 0 Å². The van der Waals surface area contributed by atoms with E-state index in [9.17, 15) is 4.79 Å². The van der Waals surface area contributed by atoms with E-state index in [4.69, 9.17) is 11.6 Å². The van der Waals surface area contributed by atoms with Crippen molar-refractivity contribution in [3.8, 4) is 0 Å². The minimum absolute atomic E-state index is 0.135. The van der Waals surface area contributed by atoms with E-state index in [2.05, 4.69) is 28.2 Å². The van der Waals surface area contributed by atoms with Gasteiger partial charge in [-0.25, -0.2) is 0 Å². The number of anilines is 1. The highest BCUT2D eigenvalue weighted by Crippen LogP contribution is 2.30. The van der Waals surface area contributed by atoms with Crippen LogP contribution in [-0.4, -0.2) is 5.91 Å². The van der Waals surface area contributed by atoms with Gasteiger partial charge in [0.1, 0.15) is 0 Å². The smallest absolute Gasteiger partial charge is 0.227 e. The first kappa shape index (κ1) is 13.9. The van der Waals surface area contributed by atoms with Crippen molar-refractivity contribution in [3.63, 3.8) is 0 Å². The molecule has 0 aliphatic heterocycles. The van der Waals surface area contributed by atoms with Gasteiger partial charge < -0.3 is 5.32 Å². The summed E-state index contributed by atoms with van der Waals surface area (Å²) in [6.45, 7) is 2.25. The van der Waals surface area contributed by atoms with Crippen LogP contribution in [0.5, 0.6) is 0 Å². The van der Waals surface area contributed by atoms with Gasteiger partial charge >= 0.3 is 0 Å². The van der Waals surface area contributed by atoms with E-state index in [1.807, 2.05) is 12.1 Å². The maximum Gasteiger partial charge on any atom is 0.227 e. The Kier molecular flexibility index (Phi) is 4.68. The van der Waals surface area contributed by atoms with Crippen LogP contribution in [0.1, 0.15) is 32.6 Å². The van der Waals surface area contributed by atoms with E-state index in [0.717, 1.165) is 41.8 Å². The van der Waals surface area contributed by atoms with Gasteiger partial charge in [-0.05, 0) is 65.7 Å². The number of halogens is 2. The second kappa shape index (κ2) is 6.07. The normalized spacial score (nSPS) is 23.7. The molecule has 2 rings (SSSR count). The van der Waals surface area contributed by atoms with Gasteiger partial charge in [0.05, 0.1) is 5.02 Å². The highest BCUT2D eigenvalue weighted by Gasteiger charge is 2.24. The molecule has 1 amide bonds. The van der Waals surface area contributed by atoms with Crippen LogP contribution in [0.25, 0.3) is 0 Å². The first-order valence-corrected chi connectivity index (χ1v) is 7.49. The van der Waals surface area contributed by atoms with Crippen molar-refractivity contribution in [3.05, 3.63) is 27.7 Å². The van der Waals surface area contributed by atoms with Gasteiger partial charge in [-0.1, -0.05) is 18.5 Å². The number of rotatable bonds is 2. The summed E-state index contributed by atoms with van der Waals surface area (Å²) in [5.74, 6) is 1.06. The third-order valence-corrected chi connectivity index (χ3v) is 4.79. The average Bonchev–Trinajstić information content (AvgIpc) is 2.34. The maximum absolute atomic E-state index is 12.1. The van der Waals surface area contributed by atoms with Crippen LogP contribution in [0.3, 0.4) is 0 Å². The van der Waals surface area contributed by atoms with Crippen LogP contribution in [0.2, 0.25) is 5.02 Å². The molecule has 1 aliphatic carbocycles. The Morgan fingerprint density at radius 2 is 2.00 bits per heavy atom. The quantitative estimate of drug-likeness (QED) is 0.823. The molecule has 1 fully saturated rings. The minimum Gasteiger partial charge on any atom is -0.326 e. The Morgan fingerprint density at radius 1 is 1.33 bits per heavy atom. The summed E-state index contributed by atoms with van der Waals surface area (Å²) in [7, 11) is 0. The van der Waals surface area contributed by atoms with Gasteiger partial charge in [0.15, 0.2) is 0 Å². The molecule has 0 radical (unpaired) electrons. The molecule has 98 valence electrons. The van der Waals surface area contributed by atoms with Crippen molar-refractivity contribution in [1.82, 2.24) is 0 Å². The summed E-state index contributed by atoms with van der Waals surface area (Å²) in [6.07, 6.45) is 4.31. The van der Waals surface area contributed by atoms with Gasteiger partial charge in [-0.3, -0.25) is 4.79 Å². The Labute approximate surface area is 121 Å². The van der Waals surface area contributed by atoms with Crippen LogP contribution in [0, 0.1) is 11.8 Å². The van der Waals surface area contributed by atoms with Crippen molar-refractivity contribution >= 4 is 39.1 Å². The number of nitrogens with one attached hydrogen (secondary N) is 1. The van der Waals surface area contributed by atoms with Crippen molar-refractivity contribution in [1.29, 1.82) is 0 Å². The summed E-state index contributed by atoms with van der Waals surface area (Å²) in [4.78, 5) is 12.1. The van der Waals surface area contributed by atoms with E-state index >= 15 is 0 Å². The Bertz CT molecular complexity index is 441. The van der Waals surface area contributed by atoms with Crippen LogP contribution in [-0.2, 0) is 4.79 Å². The lowest BCUT2D eigenvalue weighted by molar-refractivity contribution is -0.121. The van der Waals surface area contributed by atoms with Crippen LogP contribution >= 0.6 is 27.5 Å². The third kappa shape index (κ3) is 3.48. The molecule has 0 aromatic heterocycles. The van der Waals surface area contributed by atoms with Crippen molar-refractivity contribution in [2.45, 2.75) is 32.6 Å².